The Hall–Kier alpha value is -1.96. The molecular weight excluding hydrogens is 312 g/mol. The highest BCUT2D eigenvalue weighted by atomic mass is 32.1. The Labute approximate surface area is 140 Å². The summed E-state index contributed by atoms with van der Waals surface area (Å²) in [5.41, 5.74) is 5.13. The topological polar surface area (TPSA) is 62.0 Å². The quantitative estimate of drug-likeness (QED) is 0.537. The van der Waals surface area contributed by atoms with Crippen LogP contribution in [0.2, 0.25) is 0 Å². The molecule has 0 aliphatic carbocycles. The van der Waals surface area contributed by atoms with Crippen molar-refractivity contribution >= 4 is 34.0 Å². The Balaban J connectivity index is 1.69. The number of hydrogen-bond acceptors (Lipinski definition) is 4. The lowest BCUT2D eigenvalue weighted by molar-refractivity contribution is -0.884. The number of hydrazine groups is 1. The van der Waals surface area contributed by atoms with Gasteiger partial charge in [-0.1, -0.05) is 0 Å². The predicted molar refractivity (Wildman–Crippen MR) is 94.8 cm³/mol. The summed E-state index contributed by atoms with van der Waals surface area (Å²) < 4.78 is 5.25. The molecule has 0 spiro atoms. The first-order valence-electron chi connectivity index (χ1n) is 7.70. The highest BCUT2D eigenvalue weighted by Gasteiger charge is 2.17. The molecule has 0 unspecified atom stereocenters. The lowest BCUT2D eigenvalue weighted by atomic mass is 10.1. The van der Waals surface area contributed by atoms with Gasteiger partial charge < -0.3 is 14.6 Å². The summed E-state index contributed by atoms with van der Waals surface area (Å²) in [7, 11) is 2.19. The van der Waals surface area contributed by atoms with E-state index in [1.54, 1.807) is 6.07 Å². The van der Waals surface area contributed by atoms with Gasteiger partial charge in [-0.05, 0) is 36.8 Å². The van der Waals surface area contributed by atoms with Gasteiger partial charge in [0.05, 0.1) is 33.2 Å². The summed E-state index contributed by atoms with van der Waals surface area (Å²) in [6, 6.07) is 7.15. The van der Waals surface area contributed by atoms with Gasteiger partial charge in [0.25, 0.3) is 0 Å². The molecule has 23 heavy (non-hydrogen) atoms. The van der Waals surface area contributed by atoms with Crippen LogP contribution in [0.25, 0.3) is 11.0 Å². The molecule has 1 aliphatic heterocycles. The molecule has 6 nitrogen and oxygen atoms in total. The number of piperazine rings is 1. The van der Waals surface area contributed by atoms with Crippen LogP contribution in [-0.4, -0.2) is 43.3 Å². The van der Waals surface area contributed by atoms with Crippen LogP contribution in [0.3, 0.4) is 0 Å². The first kappa shape index (κ1) is 15.9. The number of nitrogens with zero attached hydrogens (tertiary/aromatic N) is 1. The van der Waals surface area contributed by atoms with E-state index in [2.05, 4.69) is 22.8 Å². The number of likely N-dealkylation sites (N-methyl/N-ethyl adjacent to an activating group) is 1. The highest BCUT2D eigenvalue weighted by Crippen LogP contribution is 2.20. The minimum Gasteiger partial charge on any atom is -0.423 e. The van der Waals surface area contributed by atoms with E-state index in [9.17, 15) is 4.79 Å². The third-order valence-electron chi connectivity index (χ3n) is 4.09. The zero-order valence-corrected chi connectivity index (χ0v) is 14.1. The average molecular weight is 333 g/mol. The summed E-state index contributed by atoms with van der Waals surface area (Å²) in [5.74, 6) is 0. The van der Waals surface area contributed by atoms with Crippen molar-refractivity contribution in [2.45, 2.75) is 6.92 Å². The average Bonchev–Trinajstić information content (AvgIpc) is 2.49. The number of rotatable bonds is 2. The van der Waals surface area contributed by atoms with Gasteiger partial charge in [-0.15, -0.1) is 0 Å². The number of nitrogens with one attached hydrogen (secondary N) is 3. The van der Waals surface area contributed by atoms with Crippen LogP contribution in [0.4, 0.5) is 5.69 Å². The molecule has 1 aliphatic rings. The van der Waals surface area contributed by atoms with Crippen molar-refractivity contribution in [3.63, 3.8) is 0 Å². The minimum absolute atomic E-state index is 0.340. The number of fused-ring (bicyclic) bond motifs is 1. The van der Waals surface area contributed by atoms with E-state index >= 15 is 0 Å². The lowest BCUT2D eigenvalue weighted by Gasteiger charge is -2.31. The van der Waals surface area contributed by atoms with E-state index in [-0.39, 0.29) is 5.63 Å². The Morgan fingerprint density at radius 1 is 1.30 bits per heavy atom. The molecule has 3 N–H and O–H groups in total. The standard InChI is InChI=1S/C16H20N4O2S/c1-11-9-15(21)22-14-10-12(3-4-13(11)14)17-16(23)18-20-7-5-19(2)6-8-20/h3-4,9-10H,5-8H2,1-2H3,(H2,17,18,23)/p+1. The number of hydrogen-bond donors (Lipinski definition) is 3. The van der Waals surface area contributed by atoms with E-state index < -0.39 is 0 Å². The molecule has 1 saturated heterocycles. The Morgan fingerprint density at radius 3 is 2.78 bits per heavy atom. The Kier molecular flexibility index (Phi) is 4.61. The van der Waals surface area contributed by atoms with Gasteiger partial charge in [0.1, 0.15) is 5.58 Å². The molecule has 2 aromatic rings. The van der Waals surface area contributed by atoms with E-state index in [0.717, 1.165) is 42.8 Å². The maximum atomic E-state index is 11.5. The number of aryl methyl sites for hydroxylation is 1. The Bertz CT molecular complexity index is 781. The van der Waals surface area contributed by atoms with E-state index in [1.807, 2.05) is 19.1 Å². The van der Waals surface area contributed by atoms with Crippen molar-refractivity contribution in [3.05, 3.63) is 40.2 Å². The van der Waals surface area contributed by atoms with Crippen LogP contribution in [0.1, 0.15) is 5.56 Å². The van der Waals surface area contributed by atoms with Gasteiger partial charge in [-0.3, -0.25) is 5.43 Å². The molecule has 1 aromatic carbocycles. The SMILES string of the molecule is Cc1cc(=O)oc2cc(NC(=S)NN3CC[NH+](C)CC3)ccc12. The lowest BCUT2D eigenvalue weighted by Crippen LogP contribution is -3.12. The molecule has 2 heterocycles. The van der Waals surface area contributed by atoms with Crippen molar-refractivity contribution < 1.29 is 9.32 Å². The Morgan fingerprint density at radius 2 is 2.04 bits per heavy atom. The summed E-state index contributed by atoms with van der Waals surface area (Å²) in [6.45, 7) is 6.00. The van der Waals surface area contributed by atoms with Gasteiger partial charge in [0.2, 0.25) is 0 Å². The number of benzene rings is 1. The fourth-order valence-electron chi connectivity index (χ4n) is 2.71. The summed E-state index contributed by atoms with van der Waals surface area (Å²) in [4.78, 5) is 13.0. The molecule has 0 radical (unpaired) electrons. The normalized spacial score (nSPS) is 16.4. The predicted octanol–water partition coefficient (Wildman–Crippen LogP) is 0.133. The second-order valence-electron chi connectivity index (χ2n) is 5.97. The third-order valence-corrected chi connectivity index (χ3v) is 4.28. The molecule has 7 heteroatoms. The number of anilines is 1. The summed E-state index contributed by atoms with van der Waals surface area (Å²) in [5, 5.41) is 6.73. The van der Waals surface area contributed by atoms with E-state index in [1.165, 1.54) is 11.0 Å². The fraction of sp³-hybridized carbons (Fsp3) is 0.375. The van der Waals surface area contributed by atoms with Crippen LogP contribution in [0.5, 0.6) is 0 Å². The maximum Gasteiger partial charge on any atom is 0.336 e. The van der Waals surface area contributed by atoms with Gasteiger partial charge in [-0.25, -0.2) is 9.80 Å². The molecule has 1 aromatic heterocycles. The zero-order chi connectivity index (χ0) is 16.4. The second-order valence-corrected chi connectivity index (χ2v) is 6.38. The smallest absolute Gasteiger partial charge is 0.336 e. The molecule has 0 amide bonds. The molecule has 0 saturated carbocycles. The molecule has 122 valence electrons. The maximum absolute atomic E-state index is 11.5. The minimum atomic E-state index is -0.340. The van der Waals surface area contributed by atoms with E-state index in [0.29, 0.717) is 10.7 Å². The van der Waals surface area contributed by atoms with Crippen molar-refractivity contribution in [3.8, 4) is 0 Å². The van der Waals surface area contributed by atoms with Crippen molar-refractivity contribution in [2.24, 2.45) is 0 Å². The van der Waals surface area contributed by atoms with Crippen molar-refractivity contribution in [1.29, 1.82) is 0 Å². The van der Waals surface area contributed by atoms with Crippen molar-refractivity contribution in [2.75, 3.05) is 38.5 Å². The van der Waals surface area contributed by atoms with Crippen LogP contribution in [0, 0.1) is 6.92 Å². The van der Waals surface area contributed by atoms with Gasteiger partial charge in [0.15, 0.2) is 5.11 Å². The monoisotopic (exact) mass is 333 g/mol. The molecule has 1 fully saturated rings. The number of thiocarbonyl (C=S) groups is 1. The summed E-state index contributed by atoms with van der Waals surface area (Å²) in [6.07, 6.45) is 0. The van der Waals surface area contributed by atoms with Gasteiger partial charge >= 0.3 is 5.63 Å². The molecule has 0 atom stereocenters. The van der Waals surface area contributed by atoms with Crippen LogP contribution < -0.4 is 21.3 Å². The van der Waals surface area contributed by atoms with Crippen molar-refractivity contribution in [1.82, 2.24) is 10.4 Å². The van der Waals surface area contributed by atoms with Crippen LogP contribution in [0.15, 0.2) is 33.5 Å². The molecule has 0 bridgehead atoms. The number of quaternary nitrogens is 1. The third kappa shape index (κ3) is 3.87. The highest BCUT2D eigenvalue weighted by molar-refractivity contribution is 7.80. The second kappa shape index (κ2) is 6.66. The first-order valence-corrected chi connectivity index (χ1v) is 8.10. The molecular formula is C16H21N4O2S+. The first-order chi connectivity index (χ1) is 11.0. The van der Waals surface area contributed by atoms with Crippen LogP contribution in [-0.2, 0) is 0 Å². The summed E-state index contributed by atoms with van der Waals surface area (Å²) >= 11 is 5.36. The van der Waals surface area contributed by atoms with Gasteiger partial charge in [0, 0.05) is 23.2 Å². The largest absolute Gasteiger partial charge is 0.423 e. The van der Waals surface area contributed by atoms with Gasteiger partial charge in [-0.2, -0.15) is 0 Å². The molecule has 3 rings (SSSR count). The fourth-order valence-corrected chi connectivity index (χ4v) is 2.95. The zero-order valence-electron chi connectivity index (χ0n) is 13.3. The van der Waals surface area contributed by atoms with E-state index in [4.69, 9.17) is 16.6 Å². The van der Waals surface area contributed by atoms with Crippen LogP contribution >= 0.6 is 12.2 Å².